The SMILES string of the molecule is CCCc1nc(N)cc(N(C)CC(C)C#N)n1. The van der Waals surface area contributed by atoms with E-state index < -0.39 is 0 Å². The lowest BCUT2D eigenvalue weighted by Crippen LogP contribution is -2.24. The number of rotatable bonds is 5. The summed E-state index contributed by atoms with van der Waals surface area (Å²) in [5.74, 6) is 1.99. The first-order chi connectivity index (χ1) is 8.06. The summed E-state index contributed by atoms with van der Waals surface area (Å²) >= 11 is 0. The Hall–Kier alpha value is -1.83. The van der Waals surface area contributed by atoms with Crippen LogP contribution in [-0.4, -0.2) is 23.6 Å². The maximum Gasteiger partial charge on any atom is 0.134 e. The van der Waals surface area contributed by atoms with E-state index in [9.17, 15) is 0 Å². The molecule has 0 saturated carbocycles. The largest absolute Gasteiger partial charge is 0.384 e. The van der Waals surface area contributed by atoms with Gasteiger partial charge in [-0.1, -0.05) is 6.92 Å². The molecule has 0 spiro atoms. The lowest BCUT2D eigenvalue weighted by Gasteiger charge is -2.20. The van der Waals surface area contributed by atoms with Crippen LogP contribution in [-0.2, 0) is 6.42 Å². The number of anilines is 2. The average Bonchev–Trinajstić information content (AvgIpc) is 2.28. The third-order valence-electron chi connectivity index (χ3n) is 2.41. The molecule has 1 unspecified atom stereocenters. The summed E-state index contributed by atoms with van der Waals surface area (Å²) in [5, 5.41) is 8.79. The van der Waals surface area contributed by atoms with Crippen LogP contribution in [0.5, 0.6) is 0 Å². The second kappa shape index (κ2) is 6.04. The van der Waals surface area contributed by atoms with Crippen molar-refractivity contribution in [1.82, 2.24) is 9.97 Å². The highest BCUT2D eigenvalue weighted by Gasteiger charge is 2.09. The Morgan fingerprint density at radius 3 is 2.82 bits per heavy atom. The number of hydrogen-bond donors (Lipinski definition) is 1. The number of aromatic nitrogens is 2. The van der Waals surface area contributed by atoms with Crippen molar-refractivity contribution in [2.45, 2.75) is 26.7 Å². The molecule has 0 amide bonds. The van der Waals surface area contributed by atoms with Gasteiger partial charge in [-0.15, -0.1) is 0 Å². The zero-order valence-electron chi connectivity index (χ0n) is 10.6. The smallest absolute Gasteiger partial charge is 0.134 e. The molecule has 5 nitrogen and oxygen atoms in total. The molecule has 1 aromatic heterocycles. The number of aryl methyl sites for hydroxylation is 1. The molecule has 0 aromatic carbocycles. The van der Waals surface area contributed by atoms with Crippen LogP contribution in [0, 0.1) is 17.2 Å². The highest BCUT2D eigenvalue weighted by atomic mass is 15.2. The van der Waals surface area contributed by atoms with Gasteiger partial charge in [-0.3, -0.25) is 0 Å². The van der Waals surface area contributed by atoms with Crippen molar-refractivity contribution >= 4 is 11.6 Å². The Morgan fingerprint density at radius 2 is 2.24 bits per heavy atom. The summed E-state index contributed by atoms with van der Waals surface area (Å²) in [6, 6.07) is 3.94. The fourth-order valence-electron chi connectivity index (χ4n) is 1.58. The van der Waals surface area contributed by atoms with Gasteiger partial charge < -0.3 is 10.6 Å². The normalized spacial score (nSPS) is 11.9. The average molecular weight is 233 g/mol. The van der Waals surface area contributed by atoms with Crippen molar-refractivity contribution in [3.8, 4) is 6.07 Å². The molecule has 0 saturated heterocycles. The van der Waals surface area contributed by atoms with Crippen molar-refractivity contribution in [2.24, 2.45) is 5.92 Å². The highest BCUT2D eigenvalue weighted by Crippen LogP contribution is 2.14. The van der Waals surface area contributed by atoms with Gasteiger partial charge in [-0.25, -0.2) is 9.97 Å². The Morgan fingerprint density at radius 1 is 1.53 bits per heavy atom. The minimum atomic E-state index is -0.0363. The van der Waals surface area contributed by atoms with Crippen LogP contribution < -0.4 is 10.6 Å². The van der Waals surface area contributed by atoms with Crippen molar-refractivity contribution < 1.29 is 0 Å². The van der Waals surface area contributed by atoms with Crippen LogP contribution in [0.15, 0.2) is 6.07 Å². The van der Waals surface area contributed by atoms with Crippen molar-refractivity contribution in [3.05, 3.63) is 11.9 Å². The van der Waals surface area contributed by atoms with Gasteiger partial charge in [-0.05, 0) is 13.3 Å². The number of nitrogen functional groups attached to an aromatic ring is 1. The zero-order chi connectivity index (χ0) is 12.8. The van der Waals surface area contributed by atoms with Gasteiger partial charge >= 0.3 is 0 Å². The summed E-state index contributed by atoms with van der Waals surface area (Å²) in [4.78, 5) is 10.6. The Balaban J connectivity index is 2.86. The zero-order valence-corrected chi connectivity index (χ0v) is 10.6. The Bertz CT molecular complexity index is 410. The number of hydrogen-bond acceptors (Lipinski definition) is 5. The van der Waals surface area contributed by atoms with Gasteiger partial charge in [-0.2, -0.15) is 5.26 Å². The maximum absolute atomic E-state index is 8.79. The molecule has 0 aliphatic carbocycles. The fourth-order valence-corrected chi connectivity index (χ4v) is 1.58. The van der Waals surface area contributed by atoms with Gasteiger partial charge in [0.25, 0.3) is 0 Å². The van der Waals surface area contributed by atoms with Crippen molar-refractivity contribution in [2.75, 3.05) is 24.2 Å². The number of nitrogens with zero attached hydrogens (tertiary/aromatic N) is 4. The molecule has 0 fully saturated rings. The molecule has 5 heteroatoms. The van der Waals surface area contributed by atoms with Gasteiger partial charge in [0, 0.05) is 26.1 Å². The lowest BCUT2D eigenvalue weighted by atomic mass is 10.2. The molecule has 2 N–H and O–H groups in total. The molecule has 1 atom stereocenters. The predicted octanol–water partition coefficient (Wildman–Crippen LogP) is 1.61. The number of nitrogens with two attached hydrogens (primary N) is 1. The van der Waals surface area contributed by atoms with Crippen LogP contribution in [0.2, 0.25) is 0 Å². The lowest BCUT2D eigenvalue weighted by molar-refractivity contribution is 0.705. The summed E-state index contributed by atoms with van der Waals surface area (Å²) in [7, 11) is 1.91. The summed E-state index contributed by atoms with van der Waals surface area (Å²) in [6.45, 7) is 4.60. The topological polar surface area (TPSA) is 78.8 Å². The fraction of sp³-hybridized carbons (Fsp3) is 0.583. The quantitative estimate of drug-likeness (QED) is 0.835. The molecule has 0 aliphatic rings. The first-order valence-corrected chi connectivity index (χ1v) is 5.81. The van der Waals surface area contributed by atoms with Crippen LogP contribution in [0.25, 0.3) is 0 Å². The summed E-state index contributed by atoms with van der Waals surface area (Å²) in [5.41, 5.74) is 5.75. The predicted molar refractivity (Wildman–Crippen MR) is 68.5 cm³/mol. The van der Waals surface area contributed by atoms with E-state index in [1.807, 2.05) is 18.9 Å². The van der Waals surface area contributed by atoms with E-state index in [0.717, 1.165) is 24.5 Å². The van der Waals surface area contributed by atoms with Crippen molar-refractivity contribution in [1.29, 1.82) is 5.26 Å². The van der Waals surface area contributed by atoms with E-state index in [1.54, 1.807) is 6.07 Å². The molecule has 1 heterocycles. The molecular formula is C12H19N5. The second-order valence-corrected chi connectivity index (χ2v) is 4.23. The van der Waals surface area contributed by atoms with Crippen LogP contribution in [0.4, 0.5) is 11.6 Å². The molecule has 92 valence electrons. The van der Waals surface area contributed by atoms with E-state index in [1.165, 1.54) is 0 Å². The first-order valence-electron chi connectivity index (χ1n) is 5.81. The van der Waals surface area contributed by atoms with Crippen LogP contribution in [0.1, 0.15) is 26.1 Å². The van der Waals surface area contributed by atoms with Gasteiger partial charge in [0.2, 0.25) is 0 Å². The third-order valence-corrected chi connectivity index (χ3v) is 2.41. The molecule has 17 heavy (non-hydrogen) atoms. The summed E-state index contributed by atoms with van der Waals surface area (Å²) < 4.78 is 0. The van der Waals surface area contributed by atoms with Crippen LogP contribution >= 0.6 is 0 Å². The molecule has 0 aliphatic heterocycles. The molecular weight excluding hydrogens is 214 g/mol. The van der Waals surface area contributed by atoms with Gasteiger partial charge in [0.1, 0.15) is 17.5 Å². The Labute approximate surface area is 102 Å². The van der Waals surface area contributed by atoms with Crippen molar-refractivity contribution in [3.63, 3.8) is 0 Å². The second-order valence-electron chi connectivity index (χ2n) is 4.23. The van der Waals surface area contributed by atoms with E-state index in [0.29, 0.717) is 12.4 Å². The minimum Gasteiger partial charge on any atom is -0.384 e. The molecule has 0 bridgehead atoms. The van der Waals surface area contributed by atoms with E-state index in [4.69, 9.17) is 11.0 Å². The Kier molecular flexibility index (Phi) is 4.70. The van der Waals surface area contributed by atoms with Gasteiger partial charge in [0.05, 0.1) is 12.0 Å². The van der Waals surface area contributed by atoms with Gasteiger partial charge in [0.15, 0.2) is 0 Å². The minimum absolute atomic E-state index is 0.0363. The first kappa shape index (κ1) is 13.2. The molecule has 1 aromatic rings. The molecule has 1 rings (SSSR count). The third kappa shape index (κ3) is 3.91. The van der Waals surface area contributed by atoms with E-state index in [2.05, 4.69) is 23.0 Å². The highest BCUT2D eigenvalue weighted by molar-refractivity contribution is 5.46. The van der Waals surface area contributed by atoms with Crippen LogP contribution in [0.3, 0.4) is 0 Å². The molecule has 0 radical (unpaired) electrons. The van der Waals surface area contributed by atoms with E-state index >= 15 is 0 Å². The monoisotopic (exact) mass is 233 g/mol. The standard InChI is InChI=1S/C12H19N5/c1-4-5-11-15-10(14)6-12(16-11)17(3)8-9(2)7-13/h6,9H,4-5,8H2,1-3H3,(H2,14,15,16). The maximum atomic E-state index is 8.79. The van der Waals surface area contributed by atoms with E-state index in [-0.39, 0.29) is 5.92 Å². The summed E-state index contributed by atoms with van der Waals surface area (Å²) in [6.07, 6.45) is 1.81. The number of nitriles is 1.